The van der Waals surface area contributed by atoms with Crippen molar-refractivity contribution in [2.75, 3.05) is 0 Å². The van der Waals surface area contributed by atoms with Crippen molar-refractivity contribution in [2.24, 2.45) is 0 Å². The number of carbonyl (C=O) groups excluding carboxylic acids is 1. The van der Waals surface area contributed by atoms with E-state index in [0.29, 0.717) is 16.7 Å². The third-order valence-electron chi connectivity index (χ3n) is 2.58. The summed E-state index contributed by atoms with van der Waals surface area (Å²) < 4.78 is 18.4. The van der Waals surface area contributed by atoms with Crippen molar-refractivity contribution < 1.29 is 13.9 Å². The summed E-state index contributed by atoms with van der Waals surface area (Å²) in [6.45, 7) is 29.3. The van der Waals surface area contributed by atoms with Gasteiger partial charge in [0.2, 0.25) is 0 Å². The number of hydrogen-bond acceptors (Lipinski definition) is 2. The summed E-state index contributed by atoms with van der Waals surface area (Å²) in [5.41, 5.74) is 2.63. The molecule has 140 valence electrons. The molecule has 2 nitrogen and oxygen atoms in total. The van der Waals surface area contributed by atoms with Gasteiger partial charge in [-0.05, 0) is 37.1 Å². The monoisotopic (exact) mass is 356 g/mol. The minimum absolute atomic E-state index is 0.0251. The molecule has 26 heavy (non-hydrogen) atoms. The van der Waals surface area contributed by atoms with Crippen LogP contribution in [-0.4, -0.2) is 5.97 Å². The Morgan fingerprint density at radius 1 is 0.769 bits per heavy atom. The van der Waals surface area contributed by atoms with Crippen LogP contribution in [0.2, 0.25) is 0 Å². The summed E-state index contributed by atoms with van der Waals surface area (Å²) in [7, 11) is 0. The second-order valence-electron chi connectivity index (χ2n) is 5.24. The zero-order chi connectivity index (χ0) is 20.9. The average molecular weight is 356 g/mol. The Morgan fingerprint density at radius 3 is 1.62 bits per heavy atom. The second-order valence-corrected chi connectivity index (χ2v) is 5.24. The van der Waals surface area contributed by atoms with Gasteiger partial charge in [0.05, 0.1) is 5.57 Å². The van der Waals surface area contributed by atoms with Gasteiger partial charge in [-0.2, -0.15) is 0 Å². The highest BCUT2D eigenvalue weighted by Gasteiger charge is 2.11. The molecule has 0 aromatic rings. The van der Waals surface area contributed by atoms with Crippen molar-refractivity contribution >= 4 is 5.97 Å². The Labute approximate surface area is 157 Å². The molecular weight excluding hydrogens is 327 g/mol. The van der Waals surface area contributed by atoms with Gasteiger partial charge in [-0.25, -0.2) is 9.18 Å². The Bertz CT molecular complexity index is 698. The largest absolute Gasteiger partial charge is 0.420 e. The Hall–Kier alpha value is -2.94. The van der Waals surface area contributed by atoms with Crippen molar-refractivity contribution in [3.8, 4) is 0 Å². The number of hydrogen-bond donors (Lipinski definition) is 0. The molecule has 0 aliphatic heterocycles. The first kappa shape index (κ1) is 25.3. The van der Waals surface area contributed by atoms with Crippen LogP contribution in [0.1, 0.15) is 27.7 Å². The van der Waals surface area contributed by atoms with Crippen molar-refractivity contribution in [1.29, 1.82) is 0 Å². The van der Waals surface area contributed by atoms with E-state index in [2.05, 4.69) is 39.5 Å². The van der Waals surface area contributed by atoms with Crippen molar-refractivity contribution in [3.63, 3.8) is 0 Å². The van der Waals surface area contributed by atoms with Crippen molar-refractivity contribution in [2.45, 2.75) is 27.7 Å². The van der Waals surface area contributed by atoms with E-state index in [9.17, 15) is 9.18 Å². The summed E-state index contributed by atoms with van der Waals surface area (Å²) in [5.74, 6) is -1.97. The fraction of sp³-hybridized carbons (Fsp3) is 0.174. The molecule has 0 aliphatic carbocycles. The van der Waals surface area contributed by atoms with E-state index >= 15 is 0 Å². The highest BCUT2D eigenvalue weighted by Crippen LogP contribution is 2.16. The Balaban J connectivity index is 0. The van der Waals surface area contributed by atoms with Crippen LogP contribution in [0.15, 0.2) is 109 Å². The lowest BCUT2D eigenvalue weighted by Gasteiger charge is -2.06. The van der Waals surface area contributed by atoms with E-state index in [1.54, 1.807) is 25.2 Å². The molecular formula is C23H29FO2. The molecule has 0 aliphatic rings. The summed E-state index contributed by atoms with van der Waals surface area (Å²) in [6, 6.07) is 0. The van der Waals surface area contributed by atoms with Crippen LogP contribution in [0.4, 0.5) is 4.39 Å². The predicted octanol–water partition coefficient (Wildman–Crippen LogP) is 6.86. The van der Waals surface area contributed by atoms with E-state index < -0.39 is 17.6 Å². The molecule has 0 rings (SSSR count). The minimum atomic E-state index is -0.808. The number of allylic oxidation sites excluding steroid dienone is 9. The predicted molar refractivity (Wildman–Crippen MR) is 111 cm³/mol. The van der Waals surface area contributed by atoms with Crippen molar-refractivity contribution in [3.05, 3.63) is 109 Å². The zero-order valence-electron chi connectivity index (χ0n) is 16.3. The van der Waals surface area contributed by atoms with E-state index in [-0.39, 0.29) is 5.57 Å². The molecule has 0 N–H and O–H groups in total. The van der Waals surface area contributed by atoms with Gasteiger partial charge in [0.25, 0.3) is 0 Å². The first-order valence-corrected chi connectivity index (χ1v) is 8.07. The molecule has 0 amide bonds. The lowest BCUT2D eigenvalue weighted by atomic mass is 10.1. The van der Waals surface area contributed by atoms with Crippen LogP contribution in [0, 0.1) is 0 Å². The summed E-state index contributed by atoms with van der Waals surface area (Å²) >= 11 is 0. The van der Waals surface area contributed by atoms with Gasteiger partial charge in [-0.15, -0.1) is 0 Å². The van der Waals surface area contributed by atoms with Crippen LogP contribution in [-0.2, 0) is 9.53 Å². The van der Waals surface area contributed by atoms with Gasteiger partial charge in [0.1, 0.15) is 0 Å². The van der Waals surface area contributed by atoms with Gasteiger partial charge in [0, 0.05) is 0 Å². The van der Waals surface area contributed by atoms with Crippen LogP contribution >= 0.6 is 0 Å². The standard InChI is InChI=1S/C21H23FO2.C2H6/c1-14(2)9-10-16(5)17(6)11-12-18(7)21(23)24-19(8)20(22)13-15(3)4;1-2/h9-13H,1,3,5-8H2,2,4H3;1-2H3/b10-9-,12-11-,20-13+;. The van der Waals surface area contributed by atoms with E-state index in [1.807, 2.05) is 20.8 Å². The smallest absolute Gasteiger partial charge is 0.342 e. The maximum Gasteiger partial charge on any atom is 0.342 e. The molecule has 3 heteroatoms. The SMILES string of the molecule is C=C(C)/C=C\C(=C)C(=C)/C=C\C(=C)C(=O)OC(=C)/C(F)=C\C(=C)C.CC. The molecule has 0 aromatic carbocycles. The quantitative estimate of drug-likeness (QED) is 0.195. The van der Waals surface area contributed by atoms with E-state index in [1.165, 1.54) is 6.08 Å². The topological polar surface area (TPSA) is 26.3 Å². The molecule has 0 saturated carbocycles. The molecule has 0 heterocycles. The van der Waals surface area contributed by atoms with Crippen LogP contribution < -0.4 is 0 Å². The maximum atomic E-state index is 13.6. The zero-order valence-corrected chi connectivity index (χ0v) is 16.3. The summed E-state index contributed by atoms with van der Waals surface area (Å²) in [5, 5.41) is 0. The van der Waals surface area contributed by atoms with Crippen molar-refractivity contribution in [1.82, 2.24) is 0 Å². The van der Waals surface area contributed by atoms with Crippen LogP contribution in [0.5, 0.6) is 0 Å². The fourth-order valence-corrected chi connectivity index (χ4v) is 1.25. The number of esters is 1. The first-order chi connectivity index (χ1) is 12.0. The highest BCUT2D eigenvalue weighted by molar-refractivity contribution is 5.91. The molecule has 0 atom stereocenters. The summed E-state index contributed by atoms with van der Waals surface area (Å²) in [6.07, 6.45) is 7.66. The van der Waals surface area contributed by atoms with E-state index in [4.69, 9.17) is 4.74 Å². The molecule has 0 unspecified atom stereocenters. The normalized spacial score (nSPS) is 10.7. The second kappa shape index (κ2) is 13.4. The third-order valence-corrected chi connectivity index (χ3v) is 2.58. The van der Waals surface area contributed by atoms with Gasteiger partial charge in [0.15, 0.2) is 11.6 Å². The number of carbonyl (C=O) groups is 1. The Morgan fingerprint density at radius 2 is 1.19 bits per heavy atom. The molecule has 0 aromatic heterocycles. The molecule has 0 spiro atoms. The average Bonchev–Trinajstić information content (AvgIpc) is 2.57. The van der Waals surface area contributed by atoms with Crippen LogP contribution in [0.3, 0.4) is 0 Å². The lowest BCUT2D eigenvalue weighted by molar-refractivity contribution is -0.134. The third kappa shape index (κ3) is 11.6. The molecule has 0 radical (unpaired) electrons. The van der Waals surface area contributed by atoms with Gasteiger partial charge < -0.3 is 4.74 Å². The number of rotatable bonds is 9. The molecule has 0 bridgehead atoms. The summed E-state index contributed by atoms with van der Waals surface area (Å²) in [4.78, 5) is 11.8. The van der Waals surface area contributed by atoms with Crippen LogP contribution in [0.25, 0.3) is 0 Å². The first-order valence-electron chi connectivity index (χ1n) is 8.07. The minimum Gasteiger partial charge on any atom is -0.420 e. The maximum absolute atomic E-state index is 13.6. The van der Waals surface area contributed by atoms with Gasteiger partial charge >= 0.3 is 5.97 Å². The molecule has 0 fully saturated rings. The molecule has 0 saturated heterocycles. The lowest BCUT2D eigenvalue weighted by Crippen LogP contribution is -2.05. The Kier molecular flexibility index (Phi) is 13.0. The van der Waals surface area contributed by atoms with E-state index in [0.717, 1.165) is 11.6 Å². The number of ether oxygens (including phenoxy) is 1. The number of halogens is 1. The van der Waals surface area contributed by atoms with Gasteiger partial charge in [-0.1, -0.05) is 82.7 Å². The fourth-order valence-electron chi connectivity index (χ4n) is 1.25. The highest BCUT2D eigenvalue weighted by atomic mass is 19.1. The van der Waals surface area contributed by atoms with Gasteiger partial charge in [-0.3, -0.25) is 0 Å².